The number of benzene rings is 2. The number of hydrogen-bond acceptors (Lipinski definition) is 6. The molecule has 1 aliphatic heterocycles. The average Bonchev–Trinajstić information content (AvgIpc) is 3.30. The van der Waals surface area contributed by atoms with Crippen molar-refractivity contribution in [2.45, 2.75) is 38.9 Å². The second-order valence-electron chi connectivity index (χ2n) is 7.25. The number of halogens is 3. The van der Waals surface area contributed by atoms with E-state index in [2.05, 4.69) is 27.3 Å². The van der Waals surface area contributed by atoms with Crippen LogP contribution in [0.5, 0.6) is 0 Å². The Labute approximate surface area is 171 Å². The fourth-order valence-corrected chi connectivity index (χ4v) is 3.30. The fraction of sp³-hybridized carbons (Fsp3) is 0.333. The van der Waals surface area contributed by atoms with Crippen LogP contribution in [-0.2, 0) is 17.5 Å². The molecule has 9 heteroatoms. The summed E-state index contributed by atoms with van der Waals surface area (Å²) in [5.74, 6) is 0.741. The molecule has 1 aromatic heterocycles. The molecule has 2 heterocycles. The highest BCUT2D eigenvalue weighted by Crippen LogP contribution is 2.36. The van der Waals surface area contributed by atoms with Gasteiger partial charge in [0.2, 0.25) is 5.82 Å². The van der Waals surface area contributed by atoms with Crippen molar-refractivity contribution in [1.29, 1.82) is 0 Å². The van der Waals surface area contributed by atoms with Gasteiger partial charge in [-0.25, -0.2) is 0 Å². The van der Waals surface area contributed by atoms with E-state index in [1.807, 2.05) is 25.2 Å². The molecule has 2 unspecified atom stereocenters. The van der Waals surface area contributed by atoms with E-state index in [0.717, 1.165) is 29.1 Å². The number of ether oxygens (including phenoxy) is 1. The van der Waals surface area contributed by atoms with Crippen LogP contribution in [0.3, 0.4) is 0 Å². The topological polar surface area (TPSA) is 63.4 Å². The highest BCUT2D eigenvalue weighted by molar-refractivity contribution is 5.80. The predicted octanol–water partition coefficient (Wildman–Crippen LogP) is 5.24. The average molecular weight is 418 g/mol. The van der Waals surface area contributed by atoms with E-state index in [1.165, 1.54) is 12.1 Å². The molecular formula is C21H21F3N4O2. The first kappa shape index (κ1) is 20.2. The Bertz CT molecular complexity index is 1030. The lowest BCUT2D eigenvalue weighted by Gasteiger charge is -2.16. The van der Waals surface area contributed by atoms with E-state index in [4.69, 9.17) is 9.26 Å². The predicted molar refractivity (Wildman–Crippen MR) is 106 cm³/mol. The van der Waals surface area contributed by atoms with Crippen LogP contribution in [0.25, 0.3) is 11.4 Å². The van der Waals surface area contributed by atoms with Gasteiger partial charge in [0.15, 0.2) is 0 Å². The molecule has 158 valence electrons. The van der Waals surface area contributed by atoms with Gasteiger partial charge in [0.1, 0.15) is 6.61 Å². The molecule has 0 saturated heterocycles. The Morgan fingerprint density at radius 2 is 1.93 bits per heavy atom. The molecule has 0 amide bonds. The number of aromatic nitrogens is 2. The molecule has 4 rings (SSSR count). The van der Waals surface area contributed by atoms with Gasteiger partial charge < -0.3 is 19.5 Å². The molecule has 0 aliphatic carbocycles. The van der Waals surface area contributed by atoms with E-state index in [0.29, 0.717) is 17.3 Å². The number of hydrogen-bond donors (Lipinski definition) is 1. The van der Waals surface area contributed by atoms with Crippen LogP contribution in [0.4, 0.5) is 24.5 Å². The first-order chi connectivity index (χ1) is 14.2. The zero-order chi connectivity index (χ0) is 21.5. The number of anilines is 2. The Hall–Kier alpha value is -3.07. The number of nitrogens with one attached hydrogen (secondary N) is 1. The Kier molecular flexibility index (Phi) is 5.15. The summed E-state index contributed by atoms with van der Waals surface area (Å²) in [6.07, 6.45) is -4.58. The highest BCUT2D eigenvalue weighted by Gasteiger charge is 2.30. The molecule has 2 aromatic carbocycles. The molecule has 3 aromatic rings. The summed E-state index contributed by atoms with van der Waals surface area (Å²) in [7, 11) is 2.02. The molecule has 2 atom stereocenters. The van der Waals surface area contributed by atoms with Gasteiger partial charge in [-0.1, -0.05) is 17.3 Å². The van der Waals surface area contributed by atoms with Crippen LogP contribution in [0, 0.1) is 0 Å². The van der Waals surface area contributed by atoms with Crippen molar-refractivity contribution in [3.63, 3.8) is 0 Å². The molecule has 30 heavy (non-hydrogen) atoms. The van der Waals surface area contributed by atoms with E-state index < -0.39 is 17.8 Å². The quantitative estimate of drug-likeness (QED) is 0.611. The maximum Gasteiger partial charge on any atom is 0.416 e. The fourth-order valence-electron chi connectivity index (χ4n) is 3.30. The second kappa shape index (κ2) is 7.64. The molecule has 6 nitrogen and oxygen atoms in total. The monoisotopic (exact) mass is 418 g/mol. The van der Waals surface area contributed by atoms with Gasteiger partial charge in [-0.15, -0.1) is 0 Å². The van der Waals surface area contributed by atoms with Crippen molar-refractivity contribution in [1.82, 2.24) is 10.1 Å². The SMILES string of the molecule is CC(OCc1nc(-c2ccc3c(c2)NC(C)N3C)no1)c1ccc(C(F)(F)F)cc1. The van der Waals surface area contributed by atoms with Crippen molar-refractivity contribution in [3.8, 4) is 11.4 Å². The molecule has 0 saturated carbocycles. The minimum Gasteiger partial charge on any atom is -0.364 e. The van der Waals surface area contributed by atoms with Crippen LogP contribution in [-0.4, -0.2) is 23.4 Å². The highest BCUT2D eigenvalue weighted by atomic mass is 19.4. The van der Waals surface area contributed by atoms with Crippen LogP contribution in [0.2, 0.25) is 0 Å². The van der Waals surface area contributed by atoms with Crippen molar-refractivity contribution in [2.75, 3.05) is 17.3 Å². The van der Waals surface area contributed by atoms with Gasteiger partial charge in [-0.3, -0.25) is 0 Å². The van der Waals surface area contributed by atoms with E-state index in [9.17, 15) is 13.2 Å². The maximum absolute atomic E-state index is 12.7. The van der Waals surface area contributed by atoms with Gasteiger partial charge in [0.05, 0.1) is 29.2 Å². The largest absolute Gasteiger partial charge is 0.416 e. The lowest BCUT2D eigenvalue weighted by atomic mass is 10.1. The van der Waals surface area contributed by atoms with Gasteiger partial charge in [0, 0.05) is 12.6 Å². The number of rotatable bonds is 5. The van der Waals surface area contributed by atoms with E-state index in [-0.39, 0.29) is 12.8 Å². The van der Waals surface area contributed by atoms with Crippen LogP contribution in [0.15, 0.2) is 47.0 Å². The maximum atomic E-state index is 12.7. The van der Waals surface area contributed by atoms with E-state index in [1.54, 1.807) is 6.92 Å². The molecule has 1 aliphatic rings. The molecule has 0 fully saturated rings. The minimum atomic E-state index is -4.36. The first-order valence-corrected chi connectivity index (χ1v) is 9.47. The summed E-state index contributed by atoms with van der Waals surface area (Å²) in [5, 5.41) is 7.39. The minimum absolute atomic E-state index is 0.0537. The molecule has 1 N–H and O–H groups in total. The van der Waals surface area contributed by atoms with Crippen LogP contribution < -0.4 is 10.2 Å². The third-order valence-electron chi connectivity index (χ3n) is 5.21. The normalized spacial score (nSPS) is 17.0. The van der Waals surface area contributed by atoms with Gasteiger partial charge >= 0.3 is 6.18 Å². The molecular weight excluding hydrogens is 397 g/mol. The summed E-state index contributed by atoms with van der Waals surface area (Å²) in [6.45, 7) is 3.88. The van der Waals surface area contributed by atoms with Crippen molar-refractivity contribution >= 4 is 11.4 Å². The third kappa shape index (κ3) is 3.97. The Morgan fingerprint density at radius 3 is 2.63 bits per heavy atom. The third-order valence-corrected chi connectivity index (χ3v) is 5.21. The molecule has 0 radical (unpaired) electrons. The molecule has 0 spiro atoms. The van der Waals surface area contributed by atoms with Gasteiger partial charge in [-0.05, 0) is 49.7 Å². The number of nitrogens with zero attached hydrogens (tertiary/aromatic N) is 3. The number of fused-ring (bicyclic) bond motifs is 1. The van der Waals surface area contributed by atoms with Gasteiger partial charge in [-0.2, -0.15) is 18.2 Å². The summed E-state index contributed by atoms with van der Waals surface area (Å²) in [6, 6.07) is 10.8. The Balaban J connectivity index is 1.40. The Morgan fingerprint density at radius 1 is 1.20 bits per heavy atom. The summed E-state index contributed by atoms with van der Waals surface area (Å²) in [4.78, 5) is 6.50. The summed E-state index contributed by atoms with van der Waals surface area (Å²) in [5.41, 5.74) is 2.86. The smallest absolute Gasteiger partial charge is 0.364 e. The second-order valence-corrected chi connectivity index (χ2v) is 7.25. The van der Waals surface area contributed by atoms with Crippen molar-refractivity contribution < 1.29 is 22.4 Å². The van der Waals surface area contributed by atoms with Crippen LogP contribution in [0.1, 0.15) is 37.0 Å². The van der Waals surface area contributed by atoms with Crippen LogP contribution >= 0.6 is 0 Å². The summed E-state index contributed by atoms with van der Waals surface area (Å²) >= 11 is 0. The first-order valence-electron chi connectivity index (χ1n) is 9.47. The van der Waals surface area contributed by atoms with Crippen molar-refractivity contribution in [3.05, 3.63) is 59.5 Å². The lowest BCUT2D eigenvalue weighted by Crippen LogP contribution is -2.28. The number of alkyl halides is 3. The standard InChI is InChI=1S/C21H21F3N4O2/c1-12(14-4-7-16(8-5-14)21(22,23)24)29-11-19-26-20(27-30-19)15-6-9-18-17(10-15)25-13(2)28(18)3/h4-10,12-13,25H,11H2,1-3H3. The summed E-state index contributed by atoms with van der Waals surface area (Å²) < 4.78 is 49.0. The molecule has 0 bridgehead atoms. The zero-order valence-electron chi connectivity index (χ0n) is 16.7. The lowest BCUT2D eigenvalue weighted by molar-refractivity contribution is -0.137. The van der Waals surface area contributed by atoms with E-state index >= 15 is 0 Å². The van der Waals surface area contributed by atoms with Gasteiger partial charge in [0.25, 0.3) is 5.89 Å². The van der Waals surface area contributed by atoms with Crippen molar-refractivity contribution in [2.24, 2.45) is 0 Å². The zero-order valence-corrected chi connectivity index (χ0v) is 16.7.